The van der Waals surface area contributed by atoms with Gasteiger partial charge in [-0.3, -0.25) is 14.4 Å². The summed E-state index contributed by atoms with van der Waals surface area (Å²) in [6, 6.07) is -0.209. The number of carboxylic acid groups (broad SMARTS) is 1. The van der Waals surface area contributed by atoms with Gasteiger partial charge in [0.2, 0.25) is 11.8 Å². The summed E-state index contributed by atoms with van der Waals surface area (Å²) in [6.07, 6.45) is 2.78. The minimum Gasteiger partial charge on any atom is -0.481 e. The second-order valence-corrected chi connectivity index (χ2v) is 4.03. The highest BCUT2D eigenvalue weighted by Gasteiger charge is 2.14. The van der Waals surface area contributed by atoms with E-state index in [-0.39, 0.29) is 38.2 Å². The molecule has 0 aliphatic heterocycles. The van der Waals surface area contributed by atoms with Gasteiger partial charge in [-0.1, -0.05) is 27.2 Å². The number of aliphatic carboxylic acids is 1. The molecular formula is C13H29N3O4. The summed E-state index contributed by atoms with van der Waals surface area (Å²) < 4.78 is 0. The minimum atomic E-state index is -0.898. The fraction of sp³-hybridized carbons (Fsp3) is 0.769. The van der Waals surface area contributed by atoms with E-state index in [0.29, 0.717) is 0 Å². The Bertz CT molecular complexity index is 279. The number of rotatable bonds is 8. The Morgan fingerprint density at radius 2 is 1.80 bits per heavy atom. The van der Waals surface area contributed by atoms with Gasteiger partial charge < -0.3 is 21.5 Å². The van der Waals surface area contributed by atoms with Crippen molar-refractivity contribution in [2.45, 2.75) is 53.0 Å². The Kier molecular flexibility index (Phi) is 18.1. The molecule has 0 aromatic rings. The highest BCUT2D eigenvalue weighted by atomic mass is 16.4. The van der Waals surface area contributed by atoms with Crippen molar-refractivity contribution in [3.05, 3.63) is 0 Å². The number of hydrogen-bond acceptors (Lipinski definition) is 4. The van der Waals surface area contributed by atoms with Crippen LogP contribution in [0.25, 0.3) is 0 Å². The van der Waals surface area contributed by atoms with Crippen LogP contribution in [0.15, 0.2) is 0 Å². The third kappa shape index (κ3) is 18.7. The molecule has 0 aromatic carbocycles. The largest absolute Gasteiger partial charge is 0.481 e. The Morgan fingerprint density at radius 3 is 2.15 bits per heavy atom. The fourth-order valence-electron chi connectivity index (χ4n) is 1.23. The molecule has 0 heterocycles. The maximum Gasteiger partial charge on any atom is 0.305 e. The quantitative estimate of drug-likeness (QED) is 0.485. The van der Waals surface area contributed by atoms with Gasteiger partial charge in [0.15, 0.2) is 0 Å². The molecule has 0 saturated heterocycles. The first-order valence-corrected chi connectivity index (χ1v) is 6.27. The summed E-state index contributed by atoms with van der Waals surface area (Å²) >= 11 is 0. The molecule has 0 radical (unpaired) electrons. The number of hydrogen-bond donors (Lipinski definition) is 4. The van der Waals surface area contributed by atoms with Gasteiger partial charge in [0.05, 0.1) is 12.5 Å². The minimum absolute atomic E-state index is 0. The number of unbranched alkanes of at least 4 members (excludes halogenated alkanes) is 1. The fourth-order valence-corrected chi connectivity index (χ4v) is 1.23. The third-order valence-electron chi connectivity index (χ3n) is 2.15. The zero-order valence-corrected chi connectivity index (χ0v) is 11.9. The van der Waals surface area contributed by atoms with E-state index in [1.54, 1.807) is 7.05 Å². The van der Waals surface area contributed by atoms with E-state index < -0.39 is 5.97 Å². The Labute approximate surface area is 121 Å². The monoisotopic (exact) mass is 294 g/mol. The Hall–Kier alpha value is -1.63. The number of nitrogens with two attached hydrogens (primary N) is 1. The molecule has 5 N–H and O–H groups in total. The van der Waals surface area contributed by atoms with Crippen LogP contribution in [0.5, 0.6) is 0 Å². The zero-order valence-electron chi connectivity index (χ0n) is 11.9. The molecule has 7 nitrogen and oxygen atoms in total. The van der Waals surface area contributed by atoms with Crippen LogP contribution < -0.4 is 16.4 Å². The van der Waals surface area contributed by atoms with Crippen LogP contribution in [-0.2, 0) is 14.4 Å². The first-order valence-electron chi connectivity index (χ1n) is 6.27. The van der Waals surface area contributed by atoms with Crippen LogP contribution in [0.1, 0.15) is 47.0 Å². The third-order valence-corrected chi connectivity index (χ3v) is 2.15. The van der Waals surface area contributed by atoms with Crippen molar-refractivity contribution in [2.24, 2.45) is 5.73 Å². The van der Waals surface area contributed by atoms with Crippen LogP contribution in [-0.4, -0.2) is 42.5 Å². The highest BCUT2D eigenvalue weighted by Crippen LogP contribution is 2.00. The lowest BCUT2D eigenvalue weighted by Crippen LogP contribution is -2.43. The van der Waals surface area contributed by atoms with Crippen molar-refractivity contribution < 1.29 is 19.5 Å². The topological polar surface area (TPSA) is 122 Å². The average Bonchev–Trinajstić information content (AvgIpc) is 2.28. The predicted octanol–water partition coefficient (Wildman–Crippen LogP) is 0.483. The van der Waals surface area contributed by atoms with Gasteiger partial charge in [-0.2, -0.15) is 0 Å². The molecule has 0 aliphatic carbocycles. The summed E-state index contributed by atoms with van der Waals surface area (Å²) in [5.74, 6) is -1.35. The molecule has 0 fully saturated rings. The van der Waals surface area contributed by atoms with Crippen LogP contribution in [0.3, 0.4) is 0 Å². The second kappa shape index (κ2) is 15.4. The van der Waals surface area contributed by atoms with Gasteiger partial charge in [0.1, 0.15) is 0 Å². The number of likely N-dealkylation sites (N-methyl/N-ethyl adjacent to an activating group) is 1. The average molecular weight is 294 g/mol. The first-order chi connectivity index (χ1) is 8.84. The summed E-state index contributed by atoms with van der Waals surface area (Å²) in [7, 11) is 1.73. The maximum atomic E-state index is 11.5. The van der Waals surface area contributed by atoms with Crippen LogP contribution in [0, 0.1) is 0 Å². The van der Waals surface area contributed by atoms with Crippen molar-refractivity contribution in [1.82, 2.24) is 10.6 Å². The smallest absolute Gasteiger partial charge is 0.305 e. The first kappa shape index (κ1) is 23.5. The lowest BCUT2D eigenvalue weighted by molar-refractivity contribution is -0.137. The van der Waals surface area contributed by atoms with E-state index in [1.165, 1.54) is 6.92 Å². The number of carbonyl (C=O) groups excluding carboxylic acids is 2. The standard InChI is InChI=1S/C10H20N2O3.C2H5NO.CH4/c1-3-4-5-8(11-2)10(15)12-7-6-9(13)14;1-2(3)4;/h8,11H,3-7H2,1-2H3,(H,12,15)(H,13,14);1H3,(H2,3,4);1H4/i1+1,2+1;;1+1. The van der Waals surface area contributed by atoms with Crippen LogP contribution >= 0.6 is 0 Å². The second-order valence-electron chi connectivity index (χ2n) is 4.03. The highest BCUT2D eigenvalue weighted by molar-refractivity contribution is 5.82. The van der Waals surface area contributed by atoms with Crippen LogP contribution in [0.2, 0.25) is 0 Å². The molecule has 0 aliphatic rings. The van der Waals surface area contributed by atoms with Crippen LogP contribution in [0.4, 0.5) is 0 Å². The Balaban J connectivity index is -0.000000508. The summed E-state index contributed by atoms with van der Waals surface area (Å²) in [6.45, 7) is 3.56. The SMILES string of the molecule is CC(N)=O.[13CH3]CCCC(N[13CH3])C(=O)NCCC(=O)O.[13CH4]. The van der Waals surface area contributed by atoms with Crippen molar-refractivity contribution in [1.29, 1.82) is 0 Å². The predicted molar refractivity (Wildman–Crippen MR) is 79.2 cm³/mol. The number of primary amides is 1. The molecule has 0 spiro atoms. The van der Waals surface area contributed by atoms with E-state index in [9.17, 15) is 14.4 Å². The van der Waals surface area contributed by atoms with E-state index in [0.717, 1.165) is 19.3 Å². The Morgan fingerprint density at radius 1 is 1.30 bits per heavy atom. The number of carboxylic acids is 1. The van der Waals surface area contributed by atoms with E-state index >= 15 is 0 Å². The summed E-state index contributed by atoms with van der Waals surface area (Å²) in [4.78, 5) is 30.9. The normalized spacial score (nSPS) is 10.3. The molecule has 0 saturated carbocycles. The summed E-state index contributed by atoms with van der Waals surface area (Å²) in [5, 5.41) is 13.9. The van der Waals surface area contributed by atoms with Gasteiger partial charge in [-0.15, -0.1) is 0 Å². The van der Waals surface area contributed by atoms with Crippen molar-refractivity contribution in [2.75, 3.05) is 13.6 Å². The molecule has 1 atom stereocenters. The number of carbonyl (C=O) groups is 3. The summed E-state index contributed by atoms with van der Waals surface area (Å²) in [5.41, 5.74) is 4.47. The molecule has 2 amide bonds. The molecular weight excluding hydrogens is 265 g/mol. The van der Waals surface area contributed by atoms with E-state index in [1.807, 2.05) is 0 Å². The van der Waals surface area contributed by atoms with Gasteiger partial charge in [-0.05, 0) is 13.5 Å². The van der Waals surface area contributed by atoms with E-state index in [2.05, 4.69) is 23.3 Å². The molecule has 0 rings (SSSR count). The zero-order chi connectivity index (χ0) is 15.3. The van der Waals surface area contributed by atoms with Crippen molar-refractivity contribution in [3.63, 3.8) is 0 Å². The molecule has 0 bridgehead atoms. The maximum absolute atomic E-state index is 11.5. The number of nitrogens with one attached hydrogen (secondary N) is 2. The molecule has 0 aromatic heterocycles. The molecule has 7 heteroatoms. The lowest BCUT2D eigenvalue weighted by atomic mass is 10.1. The molecule has 20 heavy (non-hydrogen) atoms. The van der Waals surface area contributed by atoms with Gasteiger partial charge in [-0.25, -0.2) is 0 Å². The van der Waals surface area contributed by atoms with Gasteiger partial charge in [0.25, 0.3) is 0 Å². The number of amides is 2. The van der Waals surface area contributed by atoms with E-state index in [4.69, 9.17) is 5.11 Å². The van der Waals surface area contributed by atoms with Gasteiger partial charge in [0, 0.05) is 13.5 Å². The molecule has 1 unspecified atom stereocenters. The van der Waals surface area contributed by atoms with Gasteiger partial charge >= 0.3 is 5.97 Å². The lowest BCUT2D eigenvalue weighted by Gasteiger charge is -2.14. The molecule has 120 valence electrons. The van der Waals surface area contributed by atoms with Crippen molar-refractivity contribution in [3.8, 4) is 0 Å². The van der Waals surface area contributed by atoms with Crippen molar-refractivity contribution >= 4 is 17.8 Å².